The number of carbonyl (C=O) groups is 1. The first kappa shape index (κ1) is 18.3. The lowest BCUT2D eigenvalue weighted by Gasteiger charge is -2.24. The molecule has 2 rings (SSSR count). The maximum atomic E-state index is 11.4. The van der Waals surface area contributed by atoms with Gasteiger partial charge in [-0.15, -0.1) is 0 Å². The standard InChI is InChI=1S/C17H24N2O4S/c1-3-17(20)18-12-13-11-14(19-24(2,21)22)9-10-16(13)23-15-7-5-4-6-8-15/h3,9-11,15,19H,1,4-8,12H2,2H3,(H,18,20). The minimum absolute atomic E-state index is 0.168. The molecule has 0 bridgehead atoms. The first-order chi connectivity index (χ1) is 11.4. The fourth-order valence-corrected chi connectivity index (χ4v) is 3.28. The minimum atomic E-state index is -3.36. The molecule has 0 aromatic heterocycles. The predicted molar refractivity (Wildman–Crippen MR) is 94.5 cm³/mol. The first-order valence-electron chi connectivity index (χ1n) is 8.05. The van der Waals surface area contributed by atoms with Crippen molar-refractivity contribution in [3.05, 3.63) is 36.4 Å². The van der Waals surface area contributed by atoms with Crippen LogP contribution in [0.1, 0.15) is 37.7 Å². The molecule has 0 aliphatic heterocycles. The molecule has 1 aliphatic rings. The zero-order valence-electron chi connectivity index (χ0n) is 13.9. The number of anilines is 1. The van der Waals surface area contributed by atoms with Crippen LogP contribution in [0.25, 0.3) is 0 Å². The van der Waals surface area contributed by atoms with E-state index in [1.807, 2.05) is 0 Å². The molecule has 132 valence electrons. The maximum absolute atomic E-state index is 11.4. The van der Waals surface area contributed by atoms with Crippen molar-refractivity contribution in [3.8, 4) is 5.75 Å². The molecule has 1 aromatic rings. The van der Waals surface area contributed by atoms with Gasteiger partial charge in [-0.05, 0) is 50.0 Å². The monoisotopic (exact) mass is 352 g/mol. The van der Waals surface area contributed by atoms with Crippen LogP contribution in [0.4, 0.5) is 5.69 Å². The summed E-state index contributed by atoms with van der Waals surface area (Å²) in [7, 11) is -3.36. The summed E-state index contributed by atoms with van der Waals surface area (Å²) >= 11 is 0. The van der Waals surface area contributed by atoms with Gasteiger partial charge >= 0.3 is 0 Å². The molecule has 0 radical (unpaired) electrons. The van der Waals surface area contributed by atoms with E-state index in [0.29, 0.717) is 11.4 Å². The van der Waals surface area contributed by atoms with Gasteiger partial charge in [0.15, 0.2) is 0 Å². The van der Waals surface area contributed by atoms with Crippen LogP contribution in [0, 0.1) is 0 Å². The van der Waals surface area contributed by atoms with Gasteiger partial charge in [0.25, 0.3) is 0 Å². The van der Waals surface area contributed by atoms with Gasteiger partial charge in [0.2, 0.25) is 15.9 Å². The Morgan fingerprint density at radius 3 is 2.67 bits per heavy atom. The lowest BCUT2D eigenvalue weighted by Crippen LogP contribution is -2.23. The molecule has 6 nitrogen and oxygen atoms in total. The van der Waals surface area contributed by atoms with Crippen LogP contribution in [-0.4, -0.2) is 26.7 Å². The third kappa shape index (κ3) is 5.88. The van der Waals surface area contributed by atoms with Crippen molar-refractivity contribution < 1.29 is 17.9 Å². The van der Waals surface area contributed by atoms with Crippen molar-refractivity contribution in [3.63, 3.8) is 0 Å². The molecule has 1 aliphatic carbocycles. The third-order valence-electron chi connectivity index (χ3n) is 3.85. The Bertz CT molecular complexity index is 695. The summed E-state index contributed by atoms with van der Waals surface area (Å²) in [6.45, 7) is 3.66. The van der Waals surface area contributed by atoms with Crippen molar-refractivity contribution in [2.45, 2.75) is 44.8 Å². The van der Waals surface area contributed by atoms with Gasteiger partial charge in [0.1, 0.15) is 5.75 Å². The predicted octanol–water partition coefficient (Wildman–Crippen LogP) is 2.57. The third-order valence-corrected chi connectivity index (χ3v) is 4.45. The minimum Gasteiger partial charge on any atom is -0.490 e. The molecular weight excluding hydrogens is 328 g/mol. The second kappa shape index (κ2) is 8.19. The lowest BCUT2D eigenvalue weighted by molar-refractivity contribution is -0.116. The molecule has 1 fully saturated rings. The van der Waals surface area contributed by atoms with E-state index >= 15 is 0 Å². The van der Waals surface area contributed by atoms with E-state index in [0.717, 1.165) is 37.5 Å². The molecule has 2 N–H and O–H groups in total. The zero-order valence-corrected chi connectivity index (χ0v) is 14.7. The molecule has 0 saturated heterocycles. The molecule has 1 aromatic carbocycles. The Kier molecular flexibility index (Phi) is 6.25. The topological polar surface area (TPSA) is 84.5 Å². The Labute approximate surface area is 143 Å². The fourth-order valence-electron chi connectivity index (χ4n) is 2.73. The number of amides is 1. The highest BCUT2D eigenvalue weighted by Gasteiger charge is 2.17. The smallest absolute Gasteiger partial charge is 0.243 e. The highest BCUT2D eigenvalue weighted by molar-refractivity contribution is 7.92. The summed E-state index contributed by atoms with van der Waals surface area (Å²) in [5, 5.41) is 2.70. The van der Waals surface area contributed by atoms with Gasteiger partial charge in [-0.25, -0.2) is 8.42 Å². The number of rotatable bonds is 7. The number of sulfonamides is 1. The van der Waals surface area contributed by atoms with Gasteiger partial charge in [-0.1, -0.05) is 13.0 Å². The van der Waals surface area contributed by atoms with E-state index in [2.05, 4.69) is 16.6 Å². The molecule has 0 spiro atoms. The van der Waals surface area contributed by atoms with E-state index in [4.69, 9.17) is 4.74 Å². The van der Waals surface area contributed by atoms with E-state index in [-0.39, 0.29) is 18.6 Å². The Hall–Kier alpha value is -2.02. The second-order valence-corrected chi connectivity index (χ2v) is 7.74. The lowest BCUT2D eigenvalue weighted by atomic mass is 9.97. The average Bonchev–Trinajstić information content (AvgIpc) is 2.54. The van der Waals surface area contributed by atoms with E-state index in [1.54, 1.807) is 18.2 Å². The summed E-state index contributed by atoms with van der Waals surface area (Å²) in [4.78, 5) is 11.4. The van der Waals surface area contributed by atoms with Crippen LogP contribution < -0.4 is 14.8 Å². The first-order valence-corrected chi connectivity index (χ1v) is 9.94. The SMILES string of the molecule is C=CC(=O)NCc1cc(NS(C)(=O)=O)ccc1OC1CCCCC1. The van der Waals surface area contributed by atoms with Crippen LogP contribution >= 0.6 is 0 Å². The summed E-state index contributed by atoms with van der Waals surface area (Å²) in [5.74, 6) is 0.380. The average molecular weight is 352 g/mol. The van der Waals surface area contributed by atoms with Crippen molar-refractivity contribution >= 4 is 21.6 Å². The van der Waals surface area contributed by atoms with Gasteiger partial charge < -0.3 is 10.1 Å². The van der Waals surface area contributed by atoms with E-state index in [1.165, 1.54) is 12.5 Å². The van der Waals surface area contributed by atoms with Gasteiger partial charge in [0, 0.05) is 17.8 Å². The van der Waals surface area contributed by atoms with Crippen molar-refractivity contribution in [1.82, 2.24) is 5.32 Å². The van der Waals surface area contributed by atoms with Crippen molar-refractivity contribution in [2.75, 3.05) is 11.0 Å². The van der Waals surface area contributed by atoms with Gasteiger partial charge in [0.05, 0.1) is 12.4 Å². The normalized spacial score (nSPS) is 15.5. The highest BCUT2D eigenvalue weighted by atomic mass is 32.2. The van der Waals surface area contributed by atoms with Gasteiger partial charge in [-0.3, -0.25) is 9.52 Å². The molecule has 1 amide bonds. The molecule has 1 saturated carbocycles. The number of nitrogens with one attached hydrogen (secondary N) is 2. The molecule has 7 heteroatoms. The van der Waals surface area contributed by atoms with E-state index in [9.17, 15) is 13.2 Å². The largest absolute Gasteiger partial charge is 0.490 e. The molecule has 24 heavy (non-hydrogen) atoms. The van der Waals surface area contributed by atoms with Crippen LogP contribution in [0.5, 0.6) is 5.75 Å². The van der Waals surface area contributed by atoms with E-state index < -0.39 is 10.0 Å². The number of carbonyl (C=O) groups excluding carboxylic acids is 1. The van der Waals surface area contributed by atoms with Crippen molar-refractivity contribution in [1.29, 1.82) is 0 Å². The summed E-state index contributed by atoms with van der Waals surface area (Å²) in [6.07, 6.45) is 8.03. The fraction of sp³-hybridized carbons (Fsp3) is 0.471. The Balaban J connectivity index is 2.19. The quantitative estimate of drug-likeness (QED) is 0.739. The zero-order chi connectivity index (χ0) is 17.6. The molecule has 0 unspecified atom stereocenters. The Morgan fingerprint density at radius 2 is 2.04 bits per heavy atom. The number of hydrogen-bond donors (Lipinski definition) is 2. The van der Waals surface area contributed by atoms with Crippen LogP contribution in [-0.2, 0) is 21.4 Å². The summed E-state index contributed by atoms with van der Waals surface area (Å²) < 4.78 is 31.3. The number of benzene rings is 1. The van der Waals surface area contributed by atoms with Crippen LogP contribution in [0.15, 0.2) is 30.9 Å². The molecular formula is C17H24N2O4S. The van der Waals surface area contributed by atoms with Crippen LogP contribution in [0.2, 0.25) is 0 Å². The molecule has 0 atom stereocenters. The number of ether oxygens (including phenoxy) is 1. The van der Waals surface area contributed by atoms with Gasteiger partial charge in [-0.2, -0.15) is 0 Å². The molecule has 0 heterocycles. The second-order valence-electron chi connectivity index (χ2n) is 6.00. The van der Waals surface area contributed by atoms with Crippen molar-refractivity contribution in [2.24, 2.45) is 0 Å². The summed E-state index contributed by atoms with van der Waals surface area (Å²) in [6, 6.07) is 5.10. The van der Waals surface area contributed by atoms with Crippen LogP contribution in [0.3, 0.4) is 0 Å². The Morgan fingerprint density at radius 1 is 1.33 bits per heavy atom. The maximum Gasteiger partial charge on any atom is 0.243 e. The number of hydrogen-bond acceptors (Lipinski definition) is 4. The highest BCUT2D eigenvalue weighted by Crippen LogP contribution is 2.28. The summed E-state index contributed by atoms with van der Waals surface area (Å²) in [5.41, 5.74) is 1.17.